The molecule has 0 saturated carbocycles. The summed E-state index contributed by atoms with van der Waals surface area (Å²) < 4.78 is 0. The standard InChI is InChI=1S/C7H13NO.ClH/c1-6-3-2-4-8-5-7(6)9;/h6,8H,2-5H2,1H3;1H. The van der Waals surface area contributed by atoms with Gasteiger partial charge in [-0.2, -0.15) is 0 Å². The molecule has 0 radical (unpaired) electrons. The third-order valence-electron chi connectivity index (χ3n) is 1.84. The van der Waals surface area contributed by atoms with Crippen molar-refractivity contribution in [2.45, 2.75) is 19.8 Å². The van der Waals surface area contributed by atoms with Crippen LogP contribution in [0.2, 0.25) is 0 Å². The van der Waals surface area contributed by atoms with Gasteiger partial charge in [0.2, 0.25) is 0 Å². The van der Waals surface area contributed by atoms with Crippen molar-refractivity contribution in [2.24, 2.45) is 5.92 Å². The van der Waals surface area contributed by atoms with Gasteiger partial charge in [0.05, 0.1) is 6.54 Å². The van der Waals surface area contributed by atoms with Gasteiger partial charge < -0.3 is 5.32 Å². The van der Waals surface area contributed by atoms with Crippen LogP contribution in [0.5, 0.6) is 0 Å². The Balaban J connectivity index is 0.000000810. The largest absolute Gasteiger partial charge is 0.310 e. The van der Waals surface area contributed by atoms with Gasteiger partial charge in [0, 0.05) is 5.92 Å². The van der Waals surface area contributed by atoms with Crippen molar-refractivity contribution >= 4 is 18.2 Å². The highest BCUT2D eigenvalue weighted by Gasteiger charge is 2.14. The van der Waals surface area contributed by atoms with Gasteiger partial charge in [0.25, 0.3) is 0 Å². The van der Waals surface area contributed by atoms with Gasteiger partial charge in [0.1, 0.15) is 5.78 Å². The average Bonchev–Trinajstić information content (AvgIpc) is 1.99. The number of halogens is 1. The first-order valence-electron chi connectivity index (χ1n) is 3.54. The molecular weight excluding hydrogens is 150 g/mol. The molecule has 1 unspecified atom stereocenters. The second-order valence-electron chi connectivity index (χ2n) is 2.69. The molecule has 1 heterocycles. The Labute approximate surface area is 67.8 Å². The molecule has 10 heavy (non-hydrogen) atoms. The number of hydrogen-bond donors (Lipinski definition) is 1. The Hall–Kier alpha value is -0.0800. The summed E-state index contributed by atoms with van der Waals surface area (Å²) in [5.41, 5.74) is 0. The zero-order chi connectivity index (χ0) is 6.69. The highest BCUT2D eigenvalue weighted by molar-refractivity contribution is 5.85. The van der Waals surface area contributed by atoms with E-state index in [-0.39, 0.29) is 12.4 Å². The lowest BCUT2D eigenvalue weighted by molar-refractivity contribution is -0.121. The molecule has 3 heteroatoms. The minimum absolute atomic E-state index is 0. The smallest absolute Gasteiger partial charge is 0.149 e. The van der Waals surface area contributed by atoms with Crippen molar-refractivity contribution in [3.05, 3.63) is 0 Å². The molecule has 0 amide bonds. The molecule has 0 spiro atoms. The van der Waals surface area contributed by atoms with Crippen LogP contribution in [-0.4, -0.2) is 18.9 Å². The lowest BCUT2D eigenvalue weighted by atomic mass is 10.0. The molecule has 2 nitrogen and oxygen atoms in total. The first-order valence-corrected chi connectivity index (χ1v) is 3.54. The van der Waals surface area contributed by atoms with E-state index in [4.69, 9.17) is 0 Å². The van der Waals surface area contributed by atoms with Crippen LogP contribution in [0.3, 0.4) is 0 Å². The van der Waals surface area contributed by atoms with Crippen LogP contribution < -0.4 is 5.32 Å². The molecule has 60 valence electrons. The van der Waals surface area contributed by atoms with Crippen LogP contribution >= 0.6 is 12.4 Å². The Morgan fingerprint density at radius 3 is 3.00 bits per heavy atom. The number of rotatable bonds is 0. The van der Waals surface area contributed by atoms with Crippen molar-refractivity contribution in [3.63, 3.8) is 0 Å². The molecule has 1 fully saturated rings. The lowest BCUT2D eigenvalue weighted by Gasteiger charge is -2.01. The van der Waals surface area contributed by atoms with Gasteiger partial charge in [-0.15, -0.1) is 12.4 Å². The van der Waals surface area contributed by atoms with E-state index in [1.807, 2.05) is 6.92 Å². The molecule has 0 aromatic rings. The van der Waals surface area contributed by atoms with Crippen LogP contribution in [0, 0.1) is 5.92 Å². The Bertz CT molecular complexity index is 116. The number of nitrogens with one attached hydrogen (secondary N) is 1. The Morgan fingerprint density at radius 1 is 1.60 bits per heavy atom. The maximum absolute atomic E-state index is 11.0. The van der Waals surface area contributed by atoms with Crippen molar-refractivity contribution in [2.75, 3.05) is 13.1 Å². The molecule has 1 rings (SSSR count). The molecule has 0 aromatic heterocycles. The van der Waals surface area contributed by atoms with Gasteiger partial charge >= 0.3 is 0 Å². The Kier molecular flexibility index (Phi) is 4.65. The van der Waals surface area contributed by atoms with E-state index in [1.165, 1.54) is 0 Å². The van der Waals surface area contributed by atoms with Crippen LogP contribution in [0.4, 0.5) is 0 Å². The van der Waals surface area contributed by atoms with Crippen molar-refractivity contribution in [1.29, 1.82) is 0 Å². The summed E-state index contributed by atoms with van der Waals surface area (Å²) in [6.07, 6.45) is 2.21. The van der Waals surface area contributed by atoms with Gasteiger partial charge in [-0.3, -0.25) is 4.79 Å². The second-order valence-corrected chi connectivity index (χ2v) is 2.69. The highest BCUT2D eigenvalue weighted by Crippen LogP contribution is 2.07. The quantitative estimate of drug-likeness (QED) is 0.577. The van der Waals surface area contributed by atoms with E-state index < -0.39 is 0 Å². The molecule has 1 N–H and O–H groups in total. The zero-order valence-corrected chi connectivity index (χ0v) is 7.04. The Morgan fingerprint density at radius 2 is 2.30 bits per heavy atom. The first kappa shape index (κ1) is 9.92. The fourth-order valence-electron chi connectivity index (χ4n) is 1.08. The lowest BCUT2D eigenvalue weighted by Crippen LogP contribution is -2.23. The number of Topliss-reactive ketones (excluding diaryl/α,β-unsaturated/α-hetero) is 1. The molecule has 0 bridgehead atoms. The molecule has 1 aliphatic heterocycles. The summed E-state index contributed by atoms with van der Waals surface area (Å²) in [5, 5.41) is 3.08. The normalized spacial score (nSPS) is 26.9. The molecular formula is C7H14ClNO. The number of carbonyl (C=O) groups excluding carboxylic acids is 1. The van der Waals surface area contributed by atoms with Gasteiger partial charge in [0.15, 0.2) is 0 Å². The summed E-state index contributed by atoms with van der Waals surface area (Å²) in [6.45, 7) is 3.60. The monoisotopic (exact) mass is 163 g/mol. The third-order valence-corrected chi connectivity index (χ3v) is 1.84. The van der Waals surface area contributed by atoms with Crippen LogP contribution in [0.25, 0.3) is 0 Å². The summed E-state index contributed by atoms with van der Waals surface area (Å²) in [5.74, 6) is 0.660. The third kappa shape index (κ3) is 2.67. The van der Waals surface area contributed by atoms with Crippen molar-refractivity contribution in [1.82, 2.24) is 5.32 Å². The zero-order valence-electron chi connectivity index (χ0n) is 6.22. The van der Waals surface area contributed by atoms with Gasteiger partial charge in [-0.25, -0.2) is 0 Å². The van der Waals surface area contributed by atoms with E-state index >= 15 is 0 Å². The van der Waals surface area contributed by atoms with Crippen molar-refractivity contribution in [3.8, 4) is 0 Å². The van der Waals surface area contributed by atoms with Crippen molar-refractivity contribution < 1.29 is 4.79 Å². The SMILES string of the molecule is CC1CCCNCC1=O.Cl. The number of hydrogen-bond acceptors (Lipinski definition) is 2. The number of carbonyl (C=O) groups is 1. The van der Waals surface area contributed by atoms with Crippen LogP contribution in [0.1, 0.15) is 19.8 Å². The molecule has 0 aliphatic carbocycles. The summed E-state index contributed by atoms with van der Waals surface area (Å²) in [4.78, 5) is 11.0. The van der Waals surface area contributed by atoms with E-state index in [1.54, 1.807) is 0 Å². The summed E-state index contributed by atoms with van der Waals surface area (Å²) in [7, 11) is 0. The maximum atomic E-state index is 11.0. The second kappa shape index (κ2) is 4.69. The predicted molar refractivity (Wildman–Crippen MR) is 43.5 cm³/mol. The maximum Gasteiger partial charge on any atom is 0.149 e. The van der Waals surface area contributed by atoms with Crippen LogP contribution in [-0.2, 0) is 4.79 Å². The van der Waals surface area contributed by atoms with E-state index in [2.05, 4.69) is 5.32 Å². The molecule has 0 aromatic carbocycles. The summed E-state index contributed by atoms with van der Waals surface area (Å²) in [6, 6.07) is 0. The fourth-order valence-corrected chi connectivity index (χ4v) is 1.08. The summed E-state index contributed by atoms with van der Waals surface area (Å²) >= 11 is 0. The van der Waals surface area contributed by atoms with Gasteiger partial charge in [-0.05, 0) is 19.4 Å². The van der Waals surface area contributed by atoms with E-state index in [0.717, 1.165) is 19.4 Å². The van der Waals surface area contributed by atoms with Gasteiger partial charge in [-0.1, -0.05) is 6.92 Å². The molecule has 1 atom stereocenters. The minimum atomic E-state index is 0. The predicted octanol–water partition coefficient (Wildman–Crippen LogP) is 0.997. The van der Waals surface area contributed by atoms with E-state index in [9.17, 15) is 4.79 Å². The fraction of sp³-hybridized carbons (Fsp3) is 0.857. The van der Waals surface area contributed by atoms with E-state index in [0.29, 0.717) is 18.2 Å². The van der Waals surface area contributed by atoms with Crippen LogP contribution in [0.15, 0.2) is 0 Å². The highest BCUT2D eigenvalue weighted by atomic mass is 35.5. The topological polar surface area (TPSA) is 29.1 Å². The number of ketones is 1. The molecule has 1 aliphatic rings. The minimum Gasteiger partial charge on any atom is -0.310 e. The first-order chi connectivity index (χ1) is 4.30. The molecule has 1 saturated heterocycles. The average molecular weight is 164 g/mol.